The Kier molecular flexibility index (Phi) is 5.01. The molecule has 0 saturated carbocycles. The smallest absolute Gasteiger partial charge is 0.191 e. The molecule has 1 aliphatic rings. The molecule has 7 heteroatoms. The van der Waals surface area contributed by atoms with Gasteiger partial charge < -0.3 is 4.57 Å². The van der Waals surface area contributed by atoms with Gasteiger partial charge in [-0.1, -0.05) is 46.2 Å². The summed E-state index contributed by atoms with van der Waals surface area (Å²) < 4.78 is 3.37. The van der Waals surface area contributed by atoms with Gasteiger partial charge in [0.05, 0.1) is 5.69 Å². The second-order valence-corrected chi connectivity index (χ2v) is 8.52. The highest BCUT2D eigenvalue weighted by Crippen LogP contribution is 2.29. The van der Waals surface area contributed by atoms with Crippen LogP contribution in [0, 0.1) is 0 Å². The van der Waals surface area contributed by atoms with E-state index in [1.807, 2.05) is 12.1 Å². The van der Waals surface area contributed by atoms with Gasteiger partial charge in [0, 0.05) is 34.1 Å². The predicted octanol–water partition coefficient (Wildman–Crippen LogP) is 5.18. The maximum absolute atomic E-state index is 4.77. The van der Waals surface area contributed by atoms with Crippen LogP contribution in [-0.4, -0.2) is 19.7 Å². The minimum atomic E-state index is 0.836. The third kappa shape index (κ3) is 3.58. The molecule has 0 spiro atoms. The van der Waals surface area contributed by atoms with E-state index in [4.69, 9.17) is 4.98 Å². The normalized spacial score (nSPS) is 14.4. The van der Waals surface area contributed by atoms with Crippen molar-refractivity contribution in [2.24, 2.45) is 0 Å². The summed E-state index contributed by atoms with van der Waals surface area (Å²) >= 11 is 6.95. The zero-order chi connectivity index (χ0) is 16.4. The van der Waals surface area contributed by atoms with Gasteiger partial charge in [-0.3, -0.25) is 0 Å². The highest BCUT2D eigenvalue weighted by molar-refractivity contribution is 9.10. The van der Waals surface area contributed by atoms with Crippen LogP contribution in [0.25, 0.3) is 10.6 Å². The zero-order valence-electron chi connectivity index (χ0n) is 13.1. The van der Waals surface area contributed by atoms with E-state index in [1.165, 1.54) is 19.3 Å². The van der Waals surface area contributed by atoms with E-state index in [0.29, 0.717) is 0 Å². The van der Waals surface area contributed by atoms with Crippen LogP contribution in [0.1, 0.15) is 30.8 Å². The Morgan fingerprint density at radius 2 is 2.17 bits per heavy atom. The number of rotatable bonds is 4. The molecule has 0 saturated heterocycles. The SMILES string of the molecule is Brc1cccc(-c2nc(CSc3nnc4n3CCCCC4)cs2)c1. The first-order valence-corrected chi connectivity index (χ1v) is 10.7. The first-order valence-electron chi connectivity index (χ1n) is 8.05. The second-order valence-electron chi connectivity index (χ2n) is 5.80. The first-order chi connectivity index (χ1) is 11.8. The lowest BCUT2D eigenvalue weighted by atomic mass is 10.2. The molecule has 2 aromatic heterocycles. The van der Waals surface area contributed by atoms with Crippen molar-refractivity contribution in [2.75, 3.05) is 0 Å². The number of thioether (sulfide) groups is 1. The van der Waals surface area contributed by atoms with Gasteiger partial charge in [0.25, 0.3) is 0 Å². The number of aryl methyl sites for hydroxylation is 1. The van der Waals surface area contributed by atoms with Crippen LogP contribution in [0.15, 0.2) is 39.3 Å². The molecule has 0 N–H and O–H groups in total. The van der Waals surface area contributed by atoms with Crippen molar-refractivity contribution in [1.82, 2.24) is 19.7 Å². The first kappa shape index (κ1) is 16.3. The van der Waals surface area contributed by atoms with E-state index in [9.17, 15) is 0 Å². The molecule has 1 aliphatic heterocycles. The van der Waals surface area contributed by atoms with Crippen molar-refractivity contribution in [3.63, 3.8) is 0 Å². The van der Waals surface area contributed by atoms with Gasteiger partial charge in [-0.15, -0.1) is 21.5 Å². The minimum Gasteiger partial charge on any atom is -0.306 e. The quantitative estimate of drug-likeness (QED) is 0.545. The van der Waals surface area contributed by atoms with Gasteiger partial charge >= 0.3 is 0 Å². The number of thiazole rings is 1. The lowest BCUT2D eigenvalue weighted by Gasteiger charge is -2.05. The molecule has 0 amide bonds. The number of hydrogen-bond donors (Lipinski definition) is 0. The van der Waals surface area contributed by atoms with Crippen molar-refractivity contribution in [2.45, 2.75) is 43.1 Å². The molecule has 3 aromatic rings. The molecule has 4 nitrogen and oxygen atoms in total. The van der Waals surface area contributed by atoms with Crippen LogP contribution in [0.2, 0.25) is 0 Å². The number of aromatic nitrogens is 4. The molecule has 0 aliphatic carbocycles. The average molecular weight is 421 g/mol. The largest absolute Gasteiger partial charge is 0.306 e. The summed E-state index contributed by atoms with van der Waals surface area (Å²) in [7, 11) is 0. The summed E-state index contributed by atoms with van der Waals surface area (Å²) in [6.07, 6.45) is 4.79. The summed E-state index contributed by atoms with van der Waals surface area (Å²) in [5, 5.41) is 13.0. The summed E-state index contributed by atoms with van der Waals surface area (Å²) in [6, 6.07) is 8.28. The van der Waals surface area contributed by atoms with Gasteiger partial charge in [0.1, 0.15) is 10.8 Å². The Labute approximate surface area is 157 Å². The van der Waals surface area contributed by atoms with Gasteiger partial charge in [-0.25, -0.2) is 4.98 Å². The lowest BCUT2D eigenvalue weighted by molar-refractivity contribution is 0.591. The minimum absolute atomic E-state index is 0.836. The summed E-state index contributed by atoms with van der Waals surface area (Å²) in [5.41, 5.74) is 2.26. The molecule has 0 atom stereocenters. The molecule has 24 heavy (non-hydrogen) atoms. The maximum atomic E-state index is 4.77. The van der Waals surface area contributed by atoms with Gasteiger partial charge in [0.15, 0.2) is 5.16 Å². The van der Waals surface area contributed by atoms with Gasteiger partial charge in [-0.05, 0) is 25.0 Å². The number of hydrogen-bond acceptors (Lipinski definition) is 5. The molecule has 3 heterocycles. The van der Waals surface area contributed by atoms with Crippen molar-refractivity contribution in [1.29, 1.82) is 0 Å². The molecule has 0 bridgehead atoms. The van der Waals surface area contributed by atoms with E-state index < -0.39 is 0 Å². The fraction of sp³-hybridized carbons (Fsp3) is 0.353. The van der Waals surface area contributed by atoms with E-state index in [1.54, 1.807) is 23.1 Å². The van der Waals surface area contributed by atoms with E-state index >= 15 is 0 Å². The summed E-state index contributed by atoms with van der Waals surface area (Å²) in [4.78, 5) is 4.77. The zero-order valence-corrected chi connectivity index (χ0v) is 16.3. The Morgan fingerprint density at radius 3 is 3.08 bits per heavy atom. The van der Waals surface area contributed by atoms with Crippen molar-refractivity contribution in [3.8, 4) is 10.6 Å². The number of nitrogens with zero attached hydrogens (tertiary/aromatic N) is 4. The molecule has 0 radical (unpaired) electrons. The summed E-state index contributed by atoms with van der Waals surface area (Å²) in [5.74, 6) is 1.98. The maximum Gasteiger partial charge on any atom is 0.191 e. The van der Waals surface area contributed by atoms with Crippen molar-refractivity contribution < 1.29 is 0 Å². The molecular weight excluding hydrogens is 404 g/mol. The average Bonchev–Trinajstić information content (AvgIpc) is 3.14. The van der Waals surface area contributed by atoms with Gasteiger partial charge in [-0.2, -0.15) is 0 Å². The molecule has 0 fully saturated rings. The van der Waals surface area contributed by atoms with Crippen LogP contribution in [0.5, 0.6) is 0 Å². The second kappa shape index (κ2) is 7.37. The predicted molar refractivity (Wildman–Crippen MR) is 102 cm³/mol. The summed E-state index contributed by atoms with van der Waals surface area (Å²) in [6.45, 7) is 1.05. The lowest BCUT2D eigenvalue weighted by Crippen LogP contribution is -2.02. The monoisotopic (exact) mass is 420 g/mol. The molecule has 124 valence electrons. The van der Waals surface area contributed by atoms with E-state index in [0.717, 1.165) is 50.4 Å². The molecule has 4 rings (SSSR count). The van der Waals surface area contributed by atoms with E-state index in [-0.39, 0.29) is 0 Å². The van der Waals surface area contributed by atoms with Crippen molar-refractivity contribution in [3.05, 3.63) is 45.6 Å². The van der Waals surface area contributed by atoms with Crippen LogP contribution in [0.4, 0.5) is 0 Å². The highest BCUT2D eigenvalue weighted by atomic mass is 79.9. The standard InChI is InChI=1S/C17H17BrN4S2/c18-13-6-4-5-12(9-13)16-19-14(10-23-16)11-24-17-21-20-15-7-2-1-3-8-22(15)17/h4-6,9-10H,1-3,7-8,11H2. The Morgan fingerprint density at radius 1 is 1.21 bits per heavy atom. The third-order valence-corrected chi connectivity index (χ3v) is 6.48. The third-order valence-electron chi connectivity index (χ3n) is 4.05. The van der Waals surface area contributed by atoms with Gasteiger partial charge in [0.2, 0.25) is 0 Å². The van der Waals surface area contributed by atoms with Crippen LogP contribution < -0.4 is 0 Å². The number of benzene rings is 1. The van der Waals surface area contributed by atoms with Crippen molar-refractivity contribution >= 4 is 39.0 Å². The Hall–Kier alpha value is -1.18. The fourth-order valence-corrected chi connectivity index (χ4v) is 5.03. The molecule has 1 aromatic carbocycles. The van der Waals surface area contributed by atoms with Crippen LogP contribution in [-0.2, 0) is 18.7 Å². The molecular formula is C17H17BrN4S2. The fourth-order valence-electron chi connectivity index (χ4n) is 2.83. The highest BCUT2D eigenvalue weighted by Gasteiger charge is 2.15. The van der Waals surface area contributed by atoms with Crippen LogP contribution in [0.3, 0.4) is 0 Å². The van der Waals surface area contributed by atoms with Crippen LogP contribution >= 0.6 is 39.0 Å². The number of fused-ring (bicyclic) bond motifs is 1. The Bertz CT molecular complexity index is 843. The Balaban J connectivity index is 1.46. The molecule has 0 unspecified atom stereocenters. The number of halogens is 1. The topological polar surface area (TPSA) is 43.6 Å². The van der Waals surface area contributed by atoms with E-state index in [2.05, 4.69) is 48.2 Å².